The Bertz CT molecular complexity index is 2950. The van der Waals surface area contributed by atoms with E-state index in [2.05, 4.69) is 25.2 Å². The Labute approximate surface area is 417 Å². The van der Waals surface area contributed by atoms with Crippen molar-refractivity contribution in [2.75, 3.05) is 43.2 Å². The highest BCUT2D eigenvalue weighted by Crippen LogP contribution is 2.53. The van der Waals surface area contributed by atoms with Crippen LogP contribution in [0.4, 0.5) is 64.9 Å². The SMILES string of the molecule is COC(=O)N(C(=O)N1CO[C@@]2(C(=O)OC)Cc3cc(Cl)ccc3C2=N1)c1ccc(OC(F)(F)F)cc1.Cc1cc(C(F)(C(F)(F)F)C(F)(F)F)ccc1NC(=O)c1cccc(Cl)c1C(=O)N[C@@H](C)CS(C)(=O)=O. The fourth-order valence-electron chi connectivity index (χ4n) is 7.30. The standard InChI is InChI=1S/C22H20ClF7N2O4S.C22H17ClF3N3O7/c1-11-9-13(20(24,21(25,26)27)22(28,29)30)7-8-16(11)32-18(33)14-5-4-6-15(23)17(14)19(34)31-12(2)10-37(3,35)36;1-33-18(30)21-10-12-9-13(23)3-8-16(12)17(21)27-28(11-35-21)19(31)29(20(32)34-2)14-4-6-15(7-5-14)36-22(24,25)26/h4-9,12H,10H2,1-3H3,(H,31,34)(H,32,33);3-9H,10-11H2,1-2H3/t12-;21-/m00/s1. The minimum atomic E-state index is -6.31. The number of urea groups is 1. The number of halogens is 12. The van der Waals surface area contributed by atoms with Crippen molar-refractivity contribution in [1.29, 1.82) is 0 Å². The lowest BCUT2D eigenvalue weighted by atomic mass is 9.92. The summed E-state index contributed by atoms with van der Waals surface area (Å²) in [7, 11) is -1.27. The van der Waals surface area contributed by atoms with E-state index in [0.29, 0.717) is 33.2 Å². The molecule has 4 aromatic rings. The zero-order chi connectivity index (χ0) is 54.8. The maximum absolute atomic E-state index is 14.3. The fraction of sp³-hybridized carbons (Fsp3) is 0.318. The lowest BCUT2D eigenvalue weighted by Gasteiger charge is -2.35. The second-order valence-corrected chi connectivity index (χ2v) is 18.8. The van der Waals surface area contributed by atoms with Crippen molar-refractivity contribution < 1.29 is 95.2 Å². The summed E-state index contributed by atoms with van der Waals surface area (Å²) in [6.45, 7) is 1.89. The number of imide groups is 1. The van der Waals surface area contributed by atoms with E-state index in [1.165, 1.54) is 32.2 Å². The number of rotatable bonds is 10. The molecular weight excluding hydrogens is 1070 g/mol. The zero-order valence-corrected chi connectivity index (χ0v) is 40.3. The molecule has 2 aliphatic rings. The summed E-state index contributed by atoms with van der Waals surface area (Å²) in [6.07, 6.45) is -17.7. The van der Waals surface area contributed by atoms with Crippen molar-refractivity contribution in [2.24, 2.45) is 5.10 Å². The van der Waals surface area contributed by atoms with E-state index < -0.39 is 99.6 Å². The monoisotopic (exact) mass is 1100 g/mol. The largest absolute Gasteiger partial charge is 0.573 e. The van der Waals surface area contributed by atoms with Crippen LogP contribution in [-0.4, -0.2) is 112 Å². The molecule has 1 heterocycles. The van der Waals surface area contributed by atoms with Crippen molar-refractivity contribution in [3.05, 3.63) is 122 Å². The average molecular weight is 1100 g/mol. The van der Waals surface area contributed by atoms with Crippen molar-refractivity contribution in [1.82, 2.24) is 10.3 Å². The third-order valence-corrected chi connectivity index (χ3v) is 12.1. The summed E-state index contributed by atoms with van der Waals surface area (Å²) in [6, 6.07) is 11.8. The van der Waals surface area contributed by atoms with Crippen LogP contribution in [0.3, 0.4) is 0 Å². The highest BCUT2D eigenvalue weighted by Gasteiger charge is 2.73. The quantitative estimate of drug-likeness (QED) is 0.113. The van der Waals surface area contributed by atoms with Crippen molar-refractivity contribution in [3.63, 3.8) is 0 Å². The predicted octanol–water partition coefficient (Wildman–Crippen LogP) is 9.45. The zero-order valence-electron chi connectivity index (χ0n) is 38.0. The number of hydrazone groups is 1. The molecule has 394 valence electrons. The Morgan fingerprint density at radius 1 is 0.863 bits per heavy atom. The molecule has 1 aliphatic carbocycles. The third-order valence-electron chi connectivity index (χ3n) is 10.5. The molecule has 2 atom stereocenters. The lowest BCUT2D eigenvalue weighted by Crippen LogP contribution is -2.56. The maximum atomic E-state index is 14.3. The van der Waals surface area contributed by atoms with Gasteiger partial charge in [-0.2, -0.15) is 41.4 Å². The first kappa shape index (κ1) is 57.2. The van der Waals surface area contributed by atoms with Gasteiger partial charge in [0.15, 0.2) is 0 Å². The van der Waals surface area contributed by atoms with Crippen molar-refractivity contribution in [2.45, 2.75) is 56.3 Å². The molecule has 0 saturated carbocycles. The maximum Gasteiger partial charge on any atom is 0.573 e. The van der Waals surface area contributed by atoms with Gasteiger partial charge in [0.1, 0.15) is 28.0 Å². The second kappa shape index (κ2) is 21.4. The number of methoxy groups -OCH3 is 2. The number of ether oxygens (including phenoxy) is 4. The van der Waals surface area contributed by atoms with Gasteiger partial charge < -0.3 is 29.6 Å². The molecule has 0 fully saturated rings. The van der Waals surface area contributed by atoms with Gasteiger partial charge >= 0.3 is 42.5 Å². The van der Waals surface area contributed by atoms with Gasteiger partial charge in [0.05, 0.1) is 41.8 Å². The molecule has 0 bridgehead atoms. The van der Waals surface area contributed by atoms with E-state index in [9.17, 15) is 76.3 Å². The third kappa shape index (κ3) is 12.6. The summed E-state index contributed by atoms with van der Waals surface area (Å²) >= 11 is 12.1. The number of nitrogens with zero attached hydrogens (tertiary/aromatic N) is 3. The van der Waals surface area contributed by atoms with Gasteiger partial charge in [-0.05, 0) is 79.6 Å². The van der Waals surface area contributed by atoms with Crippen LogP contribution in [-0.2, 0) is 40.9 Å². The van der Waals surface area contributed by atoms with E-state index >= 15 is 0 Å². The van der Waals surface area contributed by atoms with Crippen LogP contribution in [0.25, 0.3) is 0 Å². The number of alkyl halides is 10. The number of fused-ring (bicyclic) bond motifs is 3. The predicted molar refractivity (Wildman–Crippen MR) is 240 cm³/mol. The number of anilines is 2. The number of esters is 1. The first-order chi connectivity index (χ1) is 33.7. The molecular formula is C44H37Cl2F10N5O11S. The van der Waals surface area contributed by atoms with Crippen molar-refractivity contribution >= 4 is 80.0 Å². The number of aryl methyl sites for hydroxylation is 1. The summed E-state index contributed by atoms with van der Waals surface area (Å²) < 4.78 is 172. The topological polar surface area (TPSA) is 199 Å². The molecule has 1 aliphatic heterocycles. The van der Waals surface area contributed by atoms with Crippen molar-refractivity contribution in [3.8, 4) is 5.75 Å². The molecule has 0 radical (unpaired) electrons. The molecule has 73 heavy (non-hydrogen) atoms. The number of nitrogens with one attached hydrogen (secondary N) is 2. The molecule has 0 saturated heterocycles. The number of amides is 5. The minimum Gasteiger partial charge on any atom is -0.467 e. The van der Waals surface area contributed by atoms with Crippen LogP contribution in [0, 0.1) is 6.92 Å². The smallest absolute Gasteiger partial charge is 0.467 e. The van der Waals surface area contributed by atoms with Gasteiger partial charge in [0, 0.05) is 40.6 Å². The van der Waals surface area contributed by atoms with Crippen LogP contribution >= 0.6 is 23.2 Å². The Balaban J connectivity index is 0.000000271. The Kier molecular flexibility index (Phi) is 16.8. The summed E-state index contributed by atoms with van der Waals surface area (Å²) in [5.41, 5.74) is -9.24. The Morgan fingerprint density at radius 3 is 2.04 bits per heavy atom. The normalized spacial score (nSPS) is 16.1. The summed E-state index contributed by atoms with van der Waals surface area (Å²) in [4.78, 5) is 64.6. The molecule has 2 N–H and O–H groups in total. The number of carbonyl (C=O) groups is 5. The highest BCUT2D eigenvalue weighted by atomic mass is 35.5. The Hall–Kier alpha value is -6.71. The fourth-order valence-corrected chi connectivity index (χ4v) is 8.75. The summed E-state index contributed by atoms with van der Waals surface area (Å²) in [5.74, 6) is -3.64. The minimum absolute atomic E-state index is 0.0534. The van der Waals surface area contributed by atoms with Gasteiger partial charge in [0.25, 0.3) is 11.8 Å². The molecule has 4 aromatic carbocycles. The molecule has 0 spiro atoms. The van der Waals surface area contributed by atoms with E-state index in [4.69, 9.17) is 32.7 Å². The molecule has 0 aromatic heterocycles. The van der Waals surface area contributed by atoms with E-state index in [1.807, 2.05) is 0 Å². The van der Waals surface area contributed by atoms with Gasteiger partial charge in [-0.3, -0.25) is 9.59 Å². The van der Waals surface area contributed by atoms with E-state index in [1.54, 1.807) is 18.2 Å². The number of carbonyl (C=O) groups excluding carboxylic acids is 5. The molecule has 6 rings (SSSR count). The van der Waals surface area contributed by atoms with E-state index in [-0.39, 0.29) is 51.3 Å². The van der Waals surface area contributed by atoms with Crippen LogP contribution in [0.15, 0.2) is 84.0 Å². The van der Waals surface area contributed by atoms with Crippen LogP contribution < -0.4 is 20.3 Å². The van der Waals surface area contributed by atoms with Gasteiger partial charge in [-0.25, -0.2) is 27.2 Å². The second-order valence-electron chi connectivity index (χ2n) is 15.8. The van der Waals surface area contributed by atoms with Gasteiger partial charge in [-0.1, -0.05) is 47.5 Å². The highest BCUT2D eigenvalue weighted by molar-refractivity contribution is 7.90. The van der Waals surface area contributed by atoms with E-state index in [0.717, 1.165) is 49.6 Å². The number of benzene rings is 4. The summed E-state index contributed by atoms with van der Waals surface area (Å²) in [5, 5.41) is 9.91. The molecule has 0 unspecified atom stereocenters. The van der Waals surface area contributed by atoms with Crippen LogP contribution in [0.1, 0.15) is 49.9 Å². The number of hydrogen-bond acceptors (Lipinski definition) is 12. The van der Waals surface area contributed by atoms with Crippen LogP contribution in [0.2, 0.25) is 10.0 Å². The average Bonchev–Trinajstić information content (AvgIpc) is 3.61. The number of sulfone groups is 1. The van der Waals surface area contributed by atoms with Gasteiger partial charge in [0.2, 0.25) is 5.60 Å². The van der Waals surface area contributed by atoms with Crippen LogP contribution in [0.5, 0.6) is 5.75 Å². The first-order valence-corrected chi connectivity index (χ1v) is 23.2. The molecule has 16 nitrogen and oxygen atoms in total. The molecule has 29 heteroatoms. The Morgan fingerprint density at radius 2 is 1.49 bits per heavy atom. The number of hydrogen-bond donors (Lipinski definition) is 2. The van der Waals surface area contributed by atoms with Gasteiger partial charge in [-0.15, -0.1) is 13.2 Å². The molecule has 5 amide bonds. The first-order valence-electron chi connectivity index (χ1n) is 20.4. The lowest BCUT2D eigenvalue weighted by molar-refractivity contribution is -0.348.